The standard InChI is InChI=1S/C17H27NO2.C7H4N2O6/c1-18(2)13-16(17(19)11-5-4-6-12-17)14-7-9-15(20-3)10-8-14;10-7(11)4-1-5(8(12)13)3-6(2-4)9(14)15/h7-10,16,19H,4-6,11-13H2,1-3H3;1-3H,(H,10,11)/t16-;/m1./s1. The first-order valence-electron chi connectivity index (χ1n) is 11.3. The maximum atomic E-state index is 11.1. The molecule has 2 aromatic carbocycles. The van der Waals surface area contributed by atoms with Crippen LogP contribution in [0.3, 0.4) is 0 Å². The lowest BCUT2D eigenvalue weighted by molar-refractivity contribution is -0.860. The van der Waals surface area contributed by atoms with Crippen molar-refractivity contribution in [1.29, 1.82) is 0 Å². The van der Waals surface area contributed by atoms with Crippen LogP contribution in [0.1, 0.15) is 53.9 Å². The van der Waals surface area contributed by atoms with Crippen molar-refractivity contribution in [3.05, 3.63) is 73.8 Å². The molecule has 11 heteroatoms. The molecule has 11 nitrogen and oxygen atoms in total. The summed E-state index contributed by atoms with van der Waals surface area (Å²) < 4.78 is 5.23. The summed E-state index contributed by atoms with van der Waals surface area (Å²) in [5, 5.41) is 42.1. The zero-order valence-corrected chi connectivity index (χ0v) is 20.1. The first kappa shape index (κ1) is 27.7. The molecular formula is C24H31N3O8. The molecule has 2 aromatic rings. The van der Waals surface area contributed by atoms with Gasteiger partial charge in [0, 0.05) is 17.7 Å². The normalized spacial score (nSPS) is 15.5. The number of nitro benzene ring substituents is 2. The van der Waals surface area contributed by atoms with E-state index in [0.29, 0.717) is 18.2 Å². The average molecular weight is 490 g/mol. The molecule has 0 unspecified atom stereocenters. The van der Waals surface area contributed by atoms with Crippen LogP contribution in [0.4, 0.5) is 11.4 Å². The van der Waals surface area contributed by atoms with Crippen molar-refractivity contribution in [2.75, 3.05) is 27.7 Å². The van der Waals surface area contributed by atoms with Crippen molar-refractivity contribution in [3.63, 3.8) is 0 Å². The third-order valence-corrected chi connectivity index (χ3v) is 6.06. The molecule has 0 spiro atoms. The molecule has 0 aromatic heterocycles. The van der Waals surface area contributed by atoms with Gasteiger partial charge in [-0.1, -0.05) is 31.4 Å². The SMILES string of the molecule is COc1ccc([C@@H](C[NH+](C)C)C2(O)CCCCC2)cc1.O=C([O-])c1cc([N+](=O)[O-])cc([N+](=O)[O-])c1. The molecule has 1 saturated carbocycles. The molecule has 0 radical (unpaired) electrons. The zero-order chi connectivity index (χ0) is 26.2. The van der Waals surface area contributed by atoms with Crippen molar-refractivity contribution in [3.8, 4) is 5.75 Å². The van der Waals surface area contributed by atoms with Gasteiger partial charge >= 0.3 is 0 Å². The molecule has 35 heavy (non-hydrogen) atoms. The fraction of sp³-hybridized carbons (Fsp3) is 0.458. The number of nitro groups is 2. The maximum absolute atomic E-state index is 11.1. The number of ether oxygens (including phenoxy) is 1. The number of carbonyl (C=O) groups is 1. The Balaban J connectivity index is 0.000000258. The first-order chi connectivity index (χ1) is 16.5. The van der Waals surface area contributed by atoms with Gasteiger partial charge in [-0.05, 0) is 30.5 Å². The molecule has 0 saturated heterocycles. The summed E-state index contributed by atoms with van der Waals surface area (Å²) >= 11 is 0. The van der Waals surface area contributed by atoms with Crippen LogP contribution in [0.25, 0.3) is 0 Å². The molecule has 0 amide bonds. The molecule has 0 heterocycles. The predicted molar refractivity (Wildman–Crippen MR) is 126 cm³/mol. The minimum absolute atomic E-state index is 0.207. The zero-order valence-electron chi connectivity index (χ0n) is 20.1. The predicted octanol–water partition coefficient (Wildman–Crippen LogP) is 1.49. The van der Waals surface area contributed by atoms with Crippen molar-refractivity contribution in [1.82, 2.24) is 0 Å². The molecule has 1 atom stereocenters. The summed E-state index contributed by atoms with van der Waals surface area (Å²) in [5.74, 6) is -0.624. The van der Waals surface area contributed by atoms with E-state index in [4.69, 9.17) is 4.74 Å². The number of quaternary nitrogens is 1. The van der Waals surface area contributed by atoms with Crippen LogP contribution in [-0.4, -0.2) is 54.3 Å². The van der Waals surface area contributed by atoms with E-state index < -0.39 is 38.4 Å². The van der Waals surface area contributed by atoms with Crippen molar-refractivity contribution in [2.45, 2.75) is 43.6 Å². The number of rotatable bonds is 8. The minimum Gasteiger partial charge on any atom is -0.545 e. The Hall–Kier alpha value is -3.57. The Morgan fingerprint density at radius 3 is 1.94 bits per heavy atom. The topological polar surface area (TPSA) is 160 Å². The number of nitrogens with zero attached hydrogens (tertiary/aromatic N) is 2. The van der Waals surface area contributed by atoms with E-state index in [-0.39, 0.29) is 5.92 Å². The smallest absolute Gasteiger partial charge is 0.276 e. The number of carbonyl (C=O) groups excluding carboxylic acids is 1. The molecule has 2 N–H and O–H groups in total. The second kappa shape index (κ2) is 12.2. The van der Waals surface area contributed by atoms with E-state index in [0.717, 1.165) is 38.0 Å². The monoisotopic (exact) mass is 489 g/mol. The second-order valence-electron chi connectivity index (χ2n) is 8.94. The van der Waals surface area contributed by atoms with Crippen molar-refractivity contribution in [2.24, 2.45) is 0 Å². The van der Waals surface area contributed by atoms with E-state index in [1.807, 2.05) is 12.1 Å². The Bertz CT molecular complexity index is 955. The maximum Gasteiger partial charge on any atom is 0.276 e. The lowest BCUT2D eigenvalue weighted by Crippen LogP contribution is -3.06. The van der Waals surface area contributed by atoms with E-state index in [1.165, 1.54) is 16.9 Å². The fourth-order valence-electron chi connectivity index (χ4n) is 4.30. The van der Waals surface area contributed by atoms with Gasteiger partial charge in [0.15, 0.2) is 0 Å². The van der Waals surface area contributed by atoms with Crippen LogP contribution in [0.5, 0.6) is 5.75 Å². The summed E-state index contributed by atoms with van der Waals surface area (Å²) in [5.41, 5.74) is -1.23. The number of aromatic carboxylic acids is 1. The van der Waals surface area contributed by atoms with Crippen molar-refractivity contribution < 1.29 is 34.5 Å². The quantitative estimate of drug-likeness (QED) is 0.416. The number of methoxy groups -OCH3 is 1. The Kier molecular flexibility index (Phi) is 9.67. The van der Waals surface area contributed by atoms with Crippen LogP contribution in [-0.2, 0) is 0 Å². The molecule has 3 rings (SSSR count). The van der Waals surface area contributed by atoms with Crippen LogP contribution in [0, 0.1) is 20.2 Å². The largest absolute Gasteiger partial charge is 0.545 e. The number of hydrogen-bond donors (Lipinski definition) is 2. The van der Waals surface area contributed by atoms with Crippen molar-refractivity contribution >= 4 is 17.3 Å². The molecule has 1 aliphatic carbocycles. The molecule has 1 fully saturated rings. The molecule has 1 aliphatic rings. The highest BCUT2D eigenvalue weighted by Gasteiger charge is 2.40. The highest BCUT2D eigenvalue weighted by molar-refractivity contribution is 5.87. The summed E-state index contributed by atoms with van der Waals surface area (Å²) in [7, 11) is 6.00. The van der Waals surface area contributed by atoms with Gasteiger partial charge in [-0.25, -0.2) is 0 Å². The second-order valence-corrected chi connectivity index (χ2v) is 8.94. The lowest BCUT2D eigenvalue weighted by atomic mass is 9.72. The number of non-ortho nitro benzene ring substituents is 2. The number of aliphatic hydroxyl groups is 1. The van der Waals surface area contributed by atoms with Crippen LogP contribution in [0.2, 0.25) is 0 Å². The van der Waals surface area contributed by atoms with E-state index in [2.05, 4.69) is 26.2 Å². The first-order valence-corrected chi connectivity index (χ1v) is 11.3. The number of nitrogens with one attached hydrogen (secondary N) is 1. The van der Waals surface area contributed by atoms with E-state index >= 15 is 0 Å². The van der Waals surface area contributed by atoms with Crippen LogP contribution >= 0.6 is 0 Å². The lowest BCUT2D eigenvalue weighted by Gasteiger charge is -2.39. The van der Waals surface area contributed by atoms with Gasteiger partial charge in [-0.3, -0.25) is 20.2 Å². The number of carboxylic acids is 1. The number of benzene rings is 2. The highest BCUT2D eigenvalue weighted by Crippen LogP contribution is 2.39. The number of carboxylic acid groups (broad SMARTS) is 1. The Morgan fingerprint density at radius 2 is 1.54 bits per heavy atom. The number of likely N-dealkylation sites (N-methyl/N-ethyl adjacent to an activating group) is 1. The molecular weight excluding hydrogens is 458 g/mol. The van der Waals surface area contributed by atoms with E-state index in [1.54, 1.807) is 7.11 Å². The third-order valence-electron chi connectivity index (χ3n) is 6.06. The summed E-state index contributed by atoms with van der Waals surface area (Å²) in [4.78, 5) is 30.6. The Morgan fingerprint density at radius 1 is 1.03 bits per heavy atom. The van der Waals surface area contributed by atoms with Gasteiger partial charge in [0.2, 0.25) is 0 Å². The Labute approximate surface area is 203 Å². The van der Waals surface area contributed by atoms with Gasteiger partial charge in [0.05, 0.1) is 61.2 Å². The van der Waals surface area contributed by atoms with Gasteiger partial charge < -0.3 is 24.6 Å². The van der Waals surface area contributed by atoms with Gasteiger partial charge in [0.25, 0.3) is 11.4 Å². The van der Waals surface area contributed by atoms with Gasteiger partial charge in [-0.2, -0.15) is 0 Å². The average Bonchev–Trinajstić information content (AvgIpc) is 2.83. The van der Waals surface area contributed by atoms with Crippen LogP contribution < -0.4 is 14.7 Å². The highest BCUT2D eigenvalue weighted by atomic mass is 16.6. The minimum atomic E-state index is -1.71. The van der Waals surface area contributed by atoms with Crippen LogP contribution in [0.15, 0.2) is 42.5 Å². The summed E-state index contributed by atoms with van der Waals surface area (Å²) in [6, 6.07) is 10.3. The van der Waals surface area contributed by atoms with Gasteiger partial charge in [-0.15, -0.1) is 0 Å². The van der Waals surface area contributed by atoms with Gasteiger partial charge in [0.1, 0.15) is 5.75 Å². The summed E-state index contributed by atoms with van der Waals surface area (Å²) in [6.45, 7) is 0.961. The molecule has 190 valence electrons. The molecule has 0 aliphatic heterocycles. The fourth-order valence-corrected chi connectivity index (χ4v) is 4.30. The molecule has 0 bridgehead atoms. The number of hydrogen-bond acceptors (Lipinski definition) is 8. The summed E-state index contributed by atoms with van der Waals surface area (Å²) in [6.07, 6.45) is 5.40. The third kappa shape index (κ3) is 7.72. The van der Waals surface area contributed by atoms with E-state index in [9.17, 15) is 35.2 Å².